The van der Waals surface area contributed by atoms with Crippen LogP contribution in [0.4, 0.5) is 17.1 Å². The number of carbonyl (C=O) groups is 1. The third kappa shape index (κ3) is 4.43. The van der Waals surface area contributed by atoms with Crippen molar-refractivity contribution in [2.75, 3.05) is 10.6 Å². The van der Waals surface area contributed by atoms with Crippen molar-refractivity contribution in [1.82, 2.24) is 0 Å². The summed E-state index contributed by atoms with van der Waals surface area (Å²) in [5, 5.41) is 17.0. The Morgan fingerprint density at radius 1 is 1.26 bits per heavy atom. The van der Waals surface area contributed by atoms with Crippen LogP contribution < -0.4 is 10.6 Å². The van der Waals surface area contributed by atoms with Crippen LogP contribution in [-0.2, 0) is 4.79 Å². The highest BCUT2D eigenvalue weighted by Gasteiger charge is 2.15. The van der Waals surface area contributed by atoms with E-state index in [1.165, 1.54) is 12.1 Å². The molecule has 0 fully saturated rings. The van der Waals surface area contributed by atoms with Crippen molar-refractivity contribution in [2.45, 2.75) is 19.9 Å². The van der Waals surface area contributed by atoms with Crippen molar-refractivity contribution >= 4 is 34.6 Å². The van der Waals surface area contributed by atoms with Crippen LogP contribution in [0.5, 0.6) is 0 Å². The highest BCUT2D eigenvalue weighted by Crippen LogP contribution is 2.21. The molecule has 120 valence electrons. The summed E-state index contributed by atoms with van der Waals surface area (Å²) in [7, 11) is 0. The third-order valence-electron chi connectivity index (χ3n) is 3.29. The Morgan fingerprint density at radius 2 is 2.00 bits per heavy atom. The van der Waals surface area contributed by atoms with Gasteiger partial charge in [0.05, 0.1) is 4.92 Å². The fourth-order valence-electron chi connectivity index (χ4n) is 1.99. The number of nitro groups is 1. The van der Waals surface area contributed by atoms with E-state index in [0.29, 0.717) is 16.4 Å². The second-order valence-electron chi connectivity index (χ2n) is 5.12. The molecule has 2 rings (SSSR count). The largest absolute Gasteiger partial charge is 0.374 e. The number of nitrogens with zero attached hydrogens (tertiary/aromatic N) is 1. The Kier molecular flexibility index (Phi) is 5.18. The first kappa shape index (κ1) is 16.8. The topological polar surface area (TPSA) is 84.3 Å². The number of aryl methyl sites for hydroxylation is 1. The normalized spacial score (nSPS) is 11.6. The minimum atomic E-state index is -0.574. The lowest BCUT2D eigenvalue weighted by molar-refractivity contribution is -0.384. The maximum atomic E-state index is 12.2. The summed E-state index contributed by atoms with van der Waals surface area (Å²) < 4.78 is 0. The van der Waals surface area contributed by atoms with Crippen molar-refractivity contribution in [2.24, 2.45) is 0 Å². The predicted molar refractivity (Wildman–Crippen MR) is 91.0 cm³/mol. The molecule has 23 heavy (non-hydrogen) atoms. The van der Waals surface area contributed by atoms with Crippen LogP contribution in [0, 0.1) is 17.0 Å². The highest BCUT2D eigenvalue weighted by atomic mass is 35.5. The second-order valence-corrected chi connectivity index (χ2v) is 5.56. The molecule has 1 atom stereocenters. The molecule has 2 aromatic carbocycles. The van der Waals surface area contributed by atoms with Crippen LogP contribution in [0.1, 0.15) is 12.5 Å². The minimum Gasteiger partial charge on any atom is -0.374 e. The van der Waals surface area contributed by atoms with E-state index in [-0.39, 0.29) is 11.6 Å². The van der Waals surface area contributed by atoms with Gasteiger partial charge in [0.1, 0.15) is 6.04 Å². The average Bonchev–Trinajstić information content (AvgIpc) is 2.51. The van der Waals surface area contributed by atoms with Gasteiger partial charge in [-0.05, 0) is 37.6 Å². The zero-order valence-corrected chi connectivity index (χ0v) is 13.4. The second kappa shape index (κ2) is 7.11. The van der Waals surface area contributed by atoms with Gasteiger partial charge in [-0.25, -0.2) is 0 Å². The van der Waals surface area contributed by atoms with E-state index in [1.807, 2.05) is 13.0 Å². The first-order chi connectivity index (χ1) is 10.9. The number of rotatable bonds is 5. The summed E-state index contributed by atoms with van der Waals surface area (Å²) in [4.78, 5) is 22.5. The molecule has 2 N–H and O–H groups in total. The van der Waals surface area contributed by atoms with Gasteiger partial charge in [-0.3, -0.25) is 14.9 Å². The number of anilines is 2. The molecular weight excluding hydrogens is 318 g/mol. The predicted octanol–water partition coefficient (Wildman–Crippen LogP) is 4.00. The van der Waals surface area contributed by atoms with Crippen molar-refractivity contribution in [3.05, 3.63) is 63.2 Å². The number of amides is 1. The Bertz CT molecular complexity index is 749. The molecule has 0 bridgehead atoms. The number of hydrogen-bond acceptors (Lipinski definition) is 4. The van der Waals surface area contributed by atoms with Crippen LogP contribution >= 0.6 is 11.6 Å². The quantitative estimate of drug-likeness (QED) is 0.640. The number of carbonyl (C=O) groups excluding carboxylic acids is 1. The molecule has 7 heteroatoms. The Balaban J connectivity index is 2.07. The molecule has 1 amide bonds. The number of nitro benzene ring substituents is 1. The molecule has 0 heterocycles. The van der Waals surface area contributed by atoms with Gasteiger partial charge in [0, 0.05) is 28.5 Å². The standard InChI is InChI=1S/C16H16ClN3O3/c1-10-6-7-12(17)8-15(10)19-16(21)11(2)18-13-4-3-5-14(9-13)20(22)23/h3-9,11,18H,1-2H3,(H,19,21)/t11-/m0/s1. The van der Waals surface area contributed by atoms with Crippen LogP contribution in [0.25, 0.3) is 0 Å². The molecule has 0 saturated heterocycles. The molecule has 6 nitrogen and oxygen atoms in total. The van der Waals surface area contributed by atoms with Crippen LogP contribution in [0.2, 0.25) is 5.02 Å². The van der Waals surface area contributed by atoms with E-state index in [1.54, 1.807) is 31.2 Å². The van der Waals surface area contributed by atoms with Crippen LogP contribution in [0.15, 0.2) is 42.5 Å². The number of non-ortho nitro benzene ring substituents is 1. The lowest BCUT2D eigenvalue weighted by Gasteiger charge is -2.16. The number of halogens is 1. The van der Waals surface area contributed by atoms with Gasteiger partial charge in [0.2, 0.25) is 5.91 Å². The monoisotopic (exact) mass is 333 g/mol. The molecule has 0 radical (unpaired) electrons. The van der Waals surface area contributed by atoms with E-state index in [4.69, 9.17) is 11.6 Å². The summed E-state index contributed by atoms with van der Waals surface area (Å²) >= 11 is 5.93. The molecule has 0 aliphatic carbocycles. The van der Waals surface area contributed by atoms with Gasteiger partial charge in [0.15, 0.2) is 0 Å². The van der Waals surface area contributed by atoms with E-state index in [2.05, 4.69) is 10.6 Å². The molecular formula is C16H16ClN3O3. The molecule has 0 spiro atoms. The van der Waals surface area contributed by atoms with E-state index in [9.17, 15) is 14.9 Å². The fraction of sp³-hybridized carbons (Fsp3) is 0.188. The minimum absolute atomic E-state index is 0.0340. The molecule has 0 unspecified atom stereocenters. The smallest absolute Gasteiger partial charge is 0.271 e. The van der Waals surface area contributed by atoms with Gasteiger partial charge in [-0.1, -0.05) is 23.7 Å². The molecule has 0 aromatic heterocycles. The van der Waals surface area contributed by atoms with Crippen LogP contribution in [0.3, 0.4) is 0 Å². The van der Waals surface area contributed by atoms with Crippen LogP contribution in [-0.4, -0.2) is 16.9 Å². The summed E-state index contributed by atoms with van der Waals surface area (Å²) in [5.41, 5.74) is 2.00. The van der Waals surface area contributed by atoms with Gasteiger partial charge in [-0.15, -0.1) is 0 Å². The summed E-state index contributed by atoms with van der Waals surface area (Å²) in [5.74, 6) is -0.262. The maximum Gasteiger partial charge on any atom is 0.271 e. The SMILES string of the molecule is Cc1ccc(Cl)cc1NC(=O)[C@H](C)Nc1cccc([N+](=O)[O-])c1. The van der Waals surface area contributed by atoms with Crippen molar-refractivity contribution in [1.29, 1.82) is 0 Å². The highest BCUT2D eigenvalue weighted by molar-refractivity contribution is 6.31. The molecule has 2 aromatic rings. The molecule has 0 aliphatic rings. The van der Waals surface area contributed by atoms with Gasteiger partial charge in [-0.2, -0.15) is 0 Å². The zero-order valence-electron chi connectivity index (χ0n) is 12.7. The lowest BCUT2D eigenvalue weighted by atomic mass is 10.2. The number of nitrogens with one attached hydrogen (secondary N) is 2. The molecule has 0 aliphatic heterocycles. The van der Waals surface area contributed by atoms with E-state index in [0.717, 1.165) is 5.56 Å². The van der Waals surface area contributed by atoms with Crippen molar-refractivity contribution in [3.63, 3.8) is 0 Å². The summed E-state index contributed by atoms with van der Waals surface area (Å²) in [6.45, 7) is 3.54. The van der Waals surface area contributed by atoms with Gasteiger partial charge in [0.25, 0.3) is 5.69 Å². The first-order valence-electron chi connectivity index (χ1n) is 6.95. The Hall–Kier alpha value is -2.60. The van der Waals surface area contributed by atoms with E-state index >= 15 is 0 Å². The fourth-order valence-corrected chi connectivity index (χ4v) is 2.17. The first-order valence-corrected chi connectivity index (χ1v) is 7.32. The number of hydrogen-bond donors (Lipinski definition) is 2. The zero-order chi connectivity index (χ0) is 17.0. The lowest BCUT2D eigenvalue weighted by Crippen LogP contribution is -2.32. The average molecular weight is 334 g/mol. The maximum absolute atomic E-state index is 12.2. The van der Waals surface area contributed by atoms with E-state index < -0.39 is 11.0 Å². The Labute approximate surface area is 138 Å². The number of benzene rings is 2. The summed E-state index contributed by atoms with van der Waals surface area (Å²) in [6, 6.07) is 10.7. The Morgan fingerprint density at radius 3 is 2.70 bits per heavy atom. The third-order valence-corrected chi connectivity index (χ3v) is 3.53. The van der Waals surface area contributed by atoms with Gasteiger partial charge >= 0.3 is 0 Å². The van der Waals surface area contributed by atoms with Crippen molar-refractivity contribution < 1.29 is 9.72 Å². The summed E-state index contributed by atoms with van der Waals surface area (Å²) in [6.07, 6.45) is 0. The molecule has 0 saturated carbocycles. The van der Waals surface area contributed by atoms with Gasteiger partial charge < -0.3 is 10.6 Å². The van der Waals surface area contributed by atoms with Crippen molar-refractivity contribution in [3.8, 4) is 0 Å².